The summed E-state index contributed by atoms with van der Waals surface area (Å²) in [6, 6.07) is 9.93. The van der Waals surface area contributed by atoms with Gasteiger partial charge in [-0.25, -0.2) is 4.98 Å². The Labute approximate surface area is 118 Å². The quantitative estimate of drug-likeness (QED) is 0.778. The van der Waals surface area contributed by atoms with Crippen LogP contribution in [0.1, 0.15) is 37.3 Å². The lowest BCUT2D eigenvalue weighted by Crippen LogP contribution is -1.94. The van der Waals surface area contributed by atoms with Gasteiger partial charge in [0.05, 0.1) is 5.69 Å². The Kier molecular flexibility index (Phi) is 4.93. The van der Waals surface area contributed by atoms with Crippen molar-refractivity contribution in [3.8, 4) is 11.3 Å². The van der Waals surface area contributed by atoms with Crippen LogP contribution in [-0.2, 0) is 11.2 Å². The lowest BCUT2D eigenvalue weighted by Gasteiger charge is -1.97. The van der Waals surface area contributed by atoms with Gasteiger partial charge in [-0.1, -0.05) is 36.8 Å². The van der Waals surface area contributed by atoms with Crippen molar-refractivity contribution in [3.63, 3.8) is 0 Å². The van der Waals surface area contributed by atoms with E-state index in [0.29, 0.717) is 6.42 Å². The van der Waals surface area contributed by atoms with Crippen LogP contribution in [-0.4, -0.2) is 16.1 Å². The van der Waals surface area contributed by atoms with Crippen LogP contribution in [0, 0.1) is 6.92 Å². The molecule has 0 amide bonds. The maximum absolute atomic E-state index is 10.4. The van der Waals surface area contributed by atoms with Gasteiger partial charge in [0.15, 0.2) is 11.7 Å². The van der Waals surface area contributed by atoms with Crippen LogP contribution in [0.15, 0.2) is 34.7 Å². The van der Waals surface area contributed by atoms with Crippen molar-refractivity contribution in [2.45, 2.75) is 39.0 Å². The molecule has 1 heterocycles. The van der Waals surface area contributed by atoms with E-state index in [9.17, 15) is 4.79 Å². The number of carboxylic acid groups (broad SMARTS) is 1. The molecule has 1 N–H and O–H groups in total. The first kappa shape index (κ1) is 14.3. The van der Waals surface area contributed by atoms with E-state index in [2.05, 4.69) is 4.98 Å². The summed E-state index contributed by atoms with van der Waals surface area (Å²) in [5.41, 5.74) is 1.94. The van der Waals surface area contributed by atoms with Gasteiger partial charge in [-0.3, -0.25) is 4.79 Å². The molecule has 0 saturated heterocycles. The smallest absolute Gasteiger partial charge is 0.303 e. The highest BCUT2D eigenvalue weighted by molar-refractivity contribution is 5.66. The molecule has 0 fully saturated rings. The Bertz CT molecular complexity index is 560. The molecule has 1 aromatic carbocycles. The third kappa shape index (κ3) is 3.95. The number of hydrogen-bond acceptors (Lipinski definition) is 3. The molecule has 106 valence electrons. The van der Waals surface area contributed by atoms with Crippen LogP contribution < -0.4 is 0 Å². The number of unbranched alkanes of at least 4 members (excludes halogenated alkanes) is 2. The van der Waals surface area contributed by atoms with Gasteiger partial charge >= 0.3 is 5.97 Å². The first-order valence-electron chi connectivity index (χ1n) is 6.90. The molecule has 0 radical (unpaired) electrons. The number of nitrogens with zero attached hydrogens (tertiary/aromatic N) is 1. The second-order valence-electron chi connectivity index (χ2n) is 4.84. The summed E-state index contributed by atoms with van der Waals surface area (Å²) in [7, 11) is 0. The molecule has 0 aliphatic rings. The molecule has 0 atom stereocenters. The molecule has 0 aliphatic carbocycles. The Morgan fingerprint density at radius 1 is 1.20 bits per heavy atom. The van der Waals surface area contributed by atoms with Crippen molar-refractivity contribution in [2.75, 3.05) is 0 Å². The van der Waals surface area contributed by atoms with Crippen LogP contribution in [0.4, 0.5) is 0 Å². The van der Waals surface area contributed by atoms with Crippen LogP contribution >= 0.6 is 0 Å². The number of carbonyl (C=O) groups is 1. The Balaban J connectivity index is 1.90. The van der Waals surface area contributed by atoms with E-state index in [0.717, 1.165) is 42.2 Å². The normalized spacial score (nSPS) is 10.7. The van der Waals surface area contributed by atoms with Crippen molar-refractivity contribution in [1.29, 1.82) is 0 Å². The van der Waals surface area contributed by atoms with Crippen molar-refractivity contribution >= 4 is 5.97 Å². The summed E-state index contributed by atoms with van der Waals surface area (Å²) in [4.78, 5) is 14.8. The lowest BCUT2D eigenvalue weighted by atomic mass is 10.1. The van der Waals surface area contributed by atoms with E-state index in [-0.39, 0.29) is 6.42 Å². The minimum atomic E-state index is -0.733. The van der Waals surface area contributed by atoms with Gasteiger partial charge in [-0.2, -0.15) is 0 Å². The third-order valence-electron chi connectivity index (χ3n) is 3.16. The molecular formula is C16H19NO3. The fraction of sp³-hybridized carbons (Fsp3) is 0.375. The first-order valence-corrected chi connectivity index (χ1v) is 6.90. The molecule has 0 saturated carbocycles. The van der Waals surface area contributed by atoms with E-state index >= 15 is 0 Å². The maximum Gasteiger partial charge on any atom is 0.303 e. The van der Waals surface area contributed by atoms with Crippen LogP contribution in [0.2, 0.25) is 0 Å². The monoisotopic (exact) mass is 273 g/mol. The van der Waals surface area contributed by atoms with Crippen molar-refractivity contribution in [1.82, 2.24) is 4.98 Å². The van der Waals surface area contributed by atoms with Crippen molar-refractivity contribution < 1.29 is 14.3 Å². The molecule has 4 nitrogen and oxygen atoms in total. The van der Waals surface area contributed by atoms with E-state index < -0.39 is 5.97 Å². The van der Waals surface area contributed by atoms with Gasteiger partial charge in [0.25, 0.3) is 0 Å². The fourth-order valence-corrected chi connectivity index (χ4v) is 2.15. The zero-order chi connectivity index (χ0) is 14.4. The average Bonchev–Trinajstić information content (AvgIpc) is 2.80. The van der Waals surface area contributed by atoms with Crippen molar-refractivity contribution in [2.24, 2.45) is 0 Å². The summed E-state index contributed by atoms with van der Waals surface area (Å²) in [5.74, 6) is 0.825. The molecule has 0 spiro atoms. The number of carboxylic acids is 1. The zero-order valence-corrected chi connectivity index (χ0v) is 11.6. The average molecular weight is 273 g/mol. The summed E-state index contributed by atoms with van der Waals surface area (Å²) in [6.45, 7) is 1.94. The fourth-order valence-electron chi connectivity index (χ4n) is 2.15. The van der Waals surface area contributed by atoms with Gasteiger partial charge in [0.1, 0.15) is 0 Å². The number of aliphatic carboxylic acids is 1. The van der Waals surface area contributed by atoms with Gasteiger partial charge in [0.2, 0.25) is 0 Å². The predicted octanol–water partition coefficient (Wildman–Crippen LogP) is 3.84. The lowest BCUT2D eigenvalue weighted by molar-refractivity contribution is -0.137. The molecule has 0 bridgehead atoms. The highest BCUT2D eigenvalue weighted by atomic mass is 16.4. The summed E-state index contributed by atoms with van der Waals surface area (Å²) in [5, 5.41) is 8.56. The predicted molar refractivity (Wildman–Crippen MR) is 76.5 cm³/mol. The third-order valence-corrected chi connectivity index (χ3v) is 3.16. The van der Waals surface area contributed by atoms with E-state index in [4.69, 9.17) is 9.52 Å². The number of hydrogen-bond donors (Lipinski definition) is 1. The summed E-state index contributed by atoms with van der Waals surface area (Å²) < 4.78 is 5.80. The highest BCUT2D eigenvalue weighted by Gasteiger charge is 2.11. The van der Waals surface area contributed by atoms with Gasteiger partial charge in [0, 0.05) is 18.4 Å². The standard InChI is InChI=1S/C16H19NO3/c1-12-16(13-8-4-2-5-9-13)20-14(17-12)10-6-3-7-11-15(18)19/h2,4-5,8-9H,3,6-7,10-11H2,1H3,(H,18,19). The van der Waals surface area contributed by atoms with Gasteiger partial charge in [-0.15, -0.1) is 0 Å². The first-order chi connectivity index (χ1) is 9.66. The number of oxazole rings is 1. The molecule has 0 unspecified atom stereocenters. The largest absolute Gasteiger partial charge is 0.481 e. The van der Waals surface area contributed by atoms with Crippen LogP contribution in [0.3, 0.4) is 0 Å². The summed E-state index contributed by atoms with van der Waals surface area (Å²) in [6.07, 6.45) is 3.49. The second-order valence-corrected chi connectivity index (χ2v) is 4.84. The van der Waals surface area contributed by atoms with Crippen LogP contribution in [0.5, 0.6) is 0 Å². The number of aryl methyl sites for hydroxylation is 2. The second kappa shape index (κ2) is 6.89. The Morgan fingerprint density at radius 3 is 2.65 bits per heavy atom. The minimum Gasteiger partial charge on any atom is -0.481 e. The molecule has 0 aliphatic heterocycles. The van der Waals surface area contributed by atoms with E-state index in [1.165, 1.54) is 0 Å². The number of benzene rings is 1. The van der Waals surface area contributed by atoms with Crippen LogP contribution in [0.25, 0.3) is 11.3 Å². The number of aromatic nitrogens is 1. The topological polar surface area (TPSA) is 63.3 Å². The molecule has 4 heteroatoms. The van der Waals surface area contributed by atoms with Crippen molar-refractivity contribution in [3.05, 3.63) is 41.9 Å². The van der Waals surface area contributed by atoms with Gasteiger partial charge in [-0.05, 0) is 19.8 Å². The SMILES string of the molecule is Cc1nc(CCCCCC(=O)O)oc1-c1ccccc1. The molecule has 2 aromatic rings. The molecule has 2 rings (SSSR count). The summed E-state index contributed by atoms with van der Waals surface area (Å²) >= 11 is 0. The zero-order valence-electron chi connectivity index (χ0n) is 11.6. The van der Waals surface area contributed by atoms with E-state index in [1.807, 2.05) is 37.3 Å². The van der Waals surface area contributed by atoms with E-state index in [1.54, 1.807) is 0 Å². The maximum atomic E-state index is 10.4. The highest BCUT2D eigenvalue weighted by Crippen LogP contribution is 2.24. The molecule has 20 heavy (non-hydrogen) atoms. The Morgan fingerprint density at radius 2 is 1.95 bits per heavy atom. The number of rotatable bonds is 7. The molecule has 1 aromatic heterocycles. The molecular weight excluding hydrogens is 254 g/mol. The Hall–Kier alpha value is -2.10. The van der Waals surface area contributed by atoms with Gasteiger partial charge < -0.3 is 9.52 Å². The minimum absolute atomic E-state index is 0.236.